The van der Waals surface area contributed by atoms with Crippen LogP contribution in [0.15, 0.2) is 54.6 Å². The van der Waals surface area contributed by atoms with Crippen LogP contribution in [0.3, 0.4) is 0 Å². The van der Waals surface area contributed by atoms with Gasteiger partial charge >= 0.3 is 5.97 Å². The zero-order chi connectivity index (χ0) is 20.4. The molecule has 1 aromatic heterocycles. The van der Waals surface area contributed by atoms with Gasteiger partial charge in [-0.1, -0.05) is 36.4 Å². The van der Waals surface area contributed by atoms with E-state index in [-0.39, 0.29) is 37.8 Å². The van der Waals surface area contributed by atoms with Crippen LogP contribution >= 0.6 is 0 Å². The number of hydrogen-bond acceptors (Lipinski definition) is 3. The number of ether oxygens (including phenoxy) is 1. The van der Waals surface area contributed by atoms with Crippen LogP contribution in [0, 0.1) is 5.82 Å². The Balaban J connectivity index is 1.68. The highest BCUT2D eigenvalue weighted by Gasteiger charge is 2.28. The molecule has 2 aromatic carbocycles. The van der Waals surface area contributed by atoms with Crippen LogP contribution in [0.5, 0.6) is 0 Å². The molecule has 0 radical (unpaired) electrons. The maximum Gasteiger partial charge on any atom is 0.306 e. The number of aromatic nitrogens is 1. The lowest BCUT2D eigenvalue weighted by Gasteiger charge is -2.32. The number of aliphatic carboxylic acids is 1. The molecule has 7 heteroatoms. The number of halogens is 1. The molecule has 0 aliphatic carbocycles. The van der Waals surface area contributed by atoms with Crippen molar-refractivity contribution in [2.45, 2.75) is 19.1 Å². The van der Waals surface area contributed by atoms with Gasteiger partial charge in [-0.25, -0.2) is 4.39 Å². The van der Waals surface area contributed by atoms with E-state index in [4.69, 9.17) is 9.84 Å². The van der Waals surface area contributed by atoms with Crippen molar-refractivity contribution in [1.29, 1.82) is 0 Å². The lowest BCUT2D eigenvalue weighted by molar-refractivity contribution is -0.141. The Morgan fingerprint density at radius 3 is 2.69 bits per heavy atom. The monoisotopic (exact) mass is 396 g/mol. The summed E-state index contributed by atoms with van der Waals surface area (Å²) in [4.78, 5) is 25.9. The molecule has 3 aromatic rings. The van der Waals surface area contributed by atoms with Crippen molar-refractivity contribution in [2.75, 3.05) is 19.7 Å². The fraction of sp³-hybridized carbons (Fsp3) is 0.273. The second kappa shape index (κ2) is 8.05. The molecule has 29 heavy (non-hydrogen) atoms. The highest BCUT2D eigenvalue weighted by Crippen LogP contribution is 2.24. The van der Waals surface area contributed by atoms with E-state index in [0.29, 0.717) is 17.8 Å². The van der Waals surface area contributed by atoms with E-state index < -0.39 is 12.1 Å². The summed E-state index contributed by atoms with van der Waals surface area (Å²) in [5.74, 6) is -1.49. The summed E-state index contributed by atoms with van der Waals surface area (Å²) in [5.41, 5.74) is 1.79. The Hall–Kier alpha value is -3.19. The summed E-state index contributed by atoms with van der Waals surface area (Å²) in [7, 11) is 0. The normalized spacial score (nSPS) is 16.9. The highest BCUT2D eigenvalue weighted by atomic mass is 19.1. The minimum Gasteiger partial charge on any atom is -0.481 e. The van der Waals surface area contributed by atoms with Gasteiger partial charge in [-0.2, -0.15) is 0 Å². The second-order valence-corrected chi connectivity index (χ2v) is 7.11. The third-order valence-corrected chi connectivity index (χ3v) is 5.14. The van der Waals surface area contributed by atoms with Gasteiger partial charge in [-0.15, -0.1) is 0 Å². The summed E-state index contributed by atoms with van der Waals surface area (Å²) in [6.45, 7) is 1.11. The number of para-hydroxylation sites is 1. The van der Waals surface area contributed by atoms with Crippen LogP contribution < -0.4 is 0 Å². The molecule has 150 valence electrons. The molecular formula is C22H21FN2O4. The molecule has 1 N–H and O–H groups in total. The molecular weight excluding hydrogens is 375 g/mol. The third-order valence-electron chi connectivity index (χ3n) is 5.14. The van der Waals surface area contributed by atoms with Crippen molar-refractivity contribution in [3.05, 3.63) is 71.7 Å². The Morgan fingerprint density at radius 1 is 1.14 bits per heavy atom. The summed E-state index contributed by atoms with van der Waals surface area (Å²) < 4.78 is 21.6. The van der Waals surface area contributed by atoms with E-state index in [1.54, 1.807) is 29.2 Å². The van der Waals surface area contributed by atoms with Gasteiger partial charge in [-0.3, -0.25) is 9.59 Å². The number of rotatable bonds is 5. The average molecular weight is 396 g/mol. The molecule has 2 heterocycles. The lowest BCUT2D eigenvalue weighted by atomic mass is 10.2. The quantitative estimate of drug-likeness (QED) is 0.719. The summed E-state index contributed by atoms with van der Waals surface area (Å²) >= 11 is 0. The van der Waals surface area contributed by atoms with E-state index in [1.165, 1.54) is 6.07 Å². The Morgan fingerprint density at radius 2 is 1.90 bits per heavy atom. The Labute approximate surface area is 167 Å². The molecule has 1 amide bonds. The molecule has 0 saturated carbocycles. The van der Waals surface area contributed by atoms with Gasteiger partial charge in [0.15, 0.2) is 0 Å². The number of morpholine rings is 1. The Kier molecular flexibility index (Phi) is 5.31. The number of hydrogen-bond donors (Lipinski definition) is 1. The number of benzene rings is 2. The molecule has 1 atom stereocenters. The Bertz CT molecular complexity index is 1060. The van der Waals surface area contributed by atoms with Gasteiger partial charge in [0.1, 0.15) is 11.5 Å². The molecule has 4 rings (SSSR count). The molecule has 6 nitrogen and oxygen atoms in total. The van der Waals surface area contributed by atoms with Gasteiger partial charge in [0.05, 0.1) is 25.7 Å². The summed E-state index contributed by atoms with van der Waals surface area (Å²) in [6, 6.07) is 15.9. The topological polar surface area (TPSA) is 71.8 Å². The maximum absolute atomic E-state index is 14.3. The zero-order valence-electron chi connectivity index (χ0n) is 15.8. The minimum atomic E-state index is -0.960. The first-order chi connectivity index (χ1) is 14.0. The number of carbonyl (C=O) groups is 2. The first-order valence-corrected chi connectivity index (χ1v) is 9.47. The van der Waals surface area contributed by atoms with Crippen molar-refractivity contribution in [3.63, 3.8) is 0 Å². The standard InChI is InChI=1S/C22H21FN2O4/c23-18-7-3-1-6-16(18)13-25-19-8-4-2-5-15(19)11-20(25)22(28)24-9-10-29-17(14-24)12-21(26)27/h1-8,11,17H,9-10,12-14H2,(H,26,27). The number of nitrogens with zero attached hydrogens (tertiary/aromatic N) is 2. The van der Waals surface area contributed by atoms with Crippen LogP contribution in [-0.2, 0) is 16.1 Å². The molecule has 1 saturated heterocycles. The third kappa shape index (κ3) is 4.00. The van der Waals surface area contributed by atoms with E-state index in [1.807, 2.05) is 28.8 Å². The van der Waals surface area contributed by atoms with Gasteiger partial charge in [0, 0.05) is 29.6 Å². The SMILES string of the molecule is O=C(O)CC1CN(C(=O)c2cc3ccccc3n2Cc2ccccc2F)CCO1. The maximum atomic E-state index is 14.3. The van der Waals surface area contributed by atoms with E-state index in [0.717, 1.165) is 10.9 Å². The van der Waals surface area contributed by atoms with E-state index >= 15 is 0 Å². The summed E-state index contributed by atoms with van der Waals surface area (Å²) in [6.07, 6.45) is -0.684. The van der Waals surface area contributed by atoms with Crippen LogP contribution in [0.1, 0.15) is 22.5 Å². The second-order valence-electron chi connectivity index (χ2n) is 7.11. The zero-order valence-corrected chi connectivity index (χ0v) is 15.8. The number of carbonyl (C=O) groups excluding carboxylic acids is 1. The van der Waals surface area contributed by atoms with Gasteiger partial charge in [-0.05, 0) is 18.2 Å². The fourth-order valence-corrected chi connectivity index (χ4v) is 3.74. The average Bonchev–Trinajstić information content (AvgIpc) is 3.07. The van der Waals surface area contributed by atoms with Gasteiger partial charge < -0.3 is 19.3 Å². The first kappa shape index (κ1) is 19.1. The van der Waals surface area contributed by atoms with E-state index in [2.05, 4.69) is 0 Å². The van der Waals surface area contributed by atoms with Gasteiger partial charge in [0.2, 0.25) is 0 Å². The largest absolute Gasteiger partial charge is 0.481 e. The van der Waals surface area contributed by atoms with Crippen molar-refractivity contribution in [1.82, 2.24) is 9.47 Å². The van der Waals surface area contributed by atoms with Crippen molar-refractivity contribution in [2.24, 2.45) is 0 Å². The highest BCUT2D eigenvalue weighted by molar-refractivity contribution is 5.99. The molecule has 1 aliphatic rings. The number of carboxylic acids is 1. The minimum absolute atomic E-state index is 0.151. The molecule has 0 bridgehead atoms. The number of carboxylic acid groups (broad SMARTS) is 1. The van der Waals surface area contributed by atoms with Crippen LogP contribution in [0.25, 0.3) is 10.9 Å². The van der Waals surface area contributed by atoms with Crippen molar-refractivity contribution < 1.29 is 23.8 Å². The predicted octanol–water partition coefficient (Wildman–Crippen LogP) is 3.14. The molecule has 0 spiro atoms. The predicted molar refractivity (Wildman–Crippen MR) is 105 cm³/mol. The molecule has 1 unspecified atom stereocenters. The fourth-order valence-electron chi connectivity index (χ4n) is 3.74. The van der Waals surface area contributed by atoms with E-state index in [9.17, 15) is 14.0 Å². The number of fused-ring (bicyclic) bond motifs is 1. The summed E-state index contributed by atoms with van der Waals surface area (Å²) in [5, 5.41) is 9.91. The molecule has 1 fully saturated rings. The van der Waals surface area contributed by atoms with Crippen LogP contribution in [0.4, 0.5) is 4.39 Å². The van der Waals surface area contributed by atoms with Crippen LogP contribution in [-0.4, -0.2) is 52.3 Å². The van der Waals surface area contributed by atoms with Gasteiger partial charge in [0.25, 0.3) is 5.91 Å². The number of amides is 1. The lowest BCUT2D eigenvalue weighted by Crippen LogP contribution is -2.46. The smallest absolute Gasteiger partial charge is 0.306 e. The van der Waals surface area contributed by atoms with Crippen LogP contribution in [0.2, 0.25) is 0 Å². The first-order valence-electron chi connectivity index (χ1n) is 9.47. The van der Waals surface area contributed by atoms with Crippen molar-refractivity contribution in [3.8, 4) is 0 Å². The van der Waals surface area contributed by atoms with Crippen molar-refractivity contribution >= 4 is 22.8 Å². The molecule has 1 aliphatic heterocycles.